The SMILES string of the molecule is Nc1ccccc1SCn1nnc2ccccc2c1=O. The molecule has 20 heavy (non-hydrogen) atoms. The summed E-state index contributed by atoms with van der Waals surface area (Å²) in [5.74, 6) is 0.380. The van der Waals surface area contributed by atoms with Gasteiger partial charge in [0.1, 0.15) is 5.52 Å². The minimum absolute atomic E-state index is 0.141. The molecule has 3 rings (SSSR count). The minimum Gasteiger partial charge on any atom is -0.398 e. The van der Waals surface area contributed by atoms with Gasteiger partial charge in [-0.05, 0) is 24.3 Å². The van der Waals surface area contributed by atoms with E-state index in [1.807, 2.05) is 36.4 Å². The molecule has 0 atom stereocenters. The van der Waals surface area contributed by atoms with E-state index in [4.69, 9.17) is 5.73 Å². The first kappa shape index (κ1) is 12.7. The summed E-state index contributed by atoms with van der Waals surface area (Å²) in [5, 5.41) is 8.56. The summed E-state index contributed by atoms with van der Waals surface area (Å²) in [6.45, 7) is 0. The van der Waals surface area contributed by atoms with Crippen LogP contribution in [0.2, 0.25) is 0 Å². The molecule has 0 aliphatic heterocycles. The van der Waals surface area contributed by atoms with Crippen LogP contribution >= 0.6 is 11.8 Å². The molecule has 2 N–H and O–H groups in total. The first-order valence-electron chi connectivity index (χ1n) is 6.05. The third kappa shape index (κ3) is 2.37. The summed E-state index contributed by atoms with van der Waals surface area (Å²) in [7, 11) is 0. The van der Waals surface area contributed by atoms with Gasteiger partial charge in [-0.25, -0.2) is 4.68 Å². The van der Waals surface area contributed by atoms with Crippen LogP contribution in [0.15, 0.2) is 58.2 Å². The molecule has 0 bridgehead atoms. The van der Waals surface area contributed by atoms with Crippen molar-refractivity contribution in [3.63, 3.8) is 0 Å². The summed E-state index contributed by atoms with van der Waals surface area (Å²) in [6, 6.07) is 14.7. The van der Waals surface area contributed by atoms with E-state index in [2.05, 4.69) is 10.3 Å². The molecule has 0 unspecified atom stereocenters. The van der Waals surface area contributed by atoms with Gasteiger partial charge >= 0.3 is 0 Å². The monoisotopic (exact) mass is 284 g/mol. The number of nitrogens with zero attached hydrogens (tertiary/aromatic N) is 3. The zero-order chi connectivity index (χ0) is 13.9. The lowest BCUT2D eigenvalue weighted by Crippen LogP contribution is -2.23. The van der Waals surface area contributed by atoms with E-state index in [1.165, 1.54) is 16.4 Å². The molecule has 2 aromatic carbocycles. The lowest BCUT2D eigenvalue weighted by molar-refractivity contribution is 0.645. The highest BCUT2D eigenvalue weighted by Gasteiger charge is 2.06. The van der Waals surface area contributed by atoms with Crippen molar-refractivity contribution < 1.29 is 0 Å². The largest absolute Gasteiger partial charge is 0.398 e. The molecule has 6 heteroatoms. The number of hydrogen-bond acceptors (Lipinski definition) is 5. The molecule has 0 saturated carbocycles. The standard InChI is InChI=1S/C14H12N4OS/c15-11-6-2-4-8-13(11)20-9-18-14(19)10-5-1-3-7-12(10)16-17-18/h1-8H,9,15H2. The van der Waals surface area contributed by atoms with E-state index < -0.39 is 0 Å². The van der Waals surface area contributed by atoms with Crippen LogP contribution in [0.25, 0.3) is 10.9 Å². The molecule has 1 aromatic heterocycles. The van der Waals surface area contributed by atoms with Gasteiger partial charge in [0.2, 0.25) is 0 Å². The van der Waals surface area contributed by atoms with Gasteiger partial charge in [0.05, 0.1) is 11.3 Å². The summed E-state index contributed by atoms with van der Waals surface area (Å²) in [5.41, 5.74) is 7.03. The number of nitrogen functional groups attached to an aromatic ring is 1. The van der Waals surface area contributed by atoms with Crippen LogP contribution < -0.4 is 11.3 Å². The number of thioether (sulfide) groups is 1. The second-order valence-corrected chi connectivity index (χ2v) is 5.21. The Kier molecular flexibility index (Phi) is 3.39. The van der Waals surface area contributed by atoms with E-state index in [9.17, 15) is 4.79 Å². The first-order valence-corrected chi connectivity index (χ1v) is 7.04. The molecule has 5 nitrogen and oxygen atoms in total. The number of benzene rings is 2. The van der Waals surface area contributed by atoms with Crippen molar-refractivity contribution >= 4 is 28.4 Å². The van der Waals surface area contributed by atoms with Gasteiger partial charge in [-0.1, -0.05) is 41.2 Å². The maximum atomic E-state index is 12.3. The van der Waals surface area contributed by atoms with E-state index in [0.717, 1.165) is 4.90 Å². The Labute approximate surface area is 119 Å². The van der Waals surface area contributed by atoms with Gasteiger partial charge in [0.15, 0.2) is 0 Å². The lowest BCUT2D eigenvalue weighted by atomic mass is 10.2. The molecule has 0 saturated heterocycles. The lowest BCUT2D eigenvalue weighted by Gasteiger charge is -2.06. The molecule has 0 fully saturated rings. The minimum atomic E-state index is -0.141. The zero-order valence-electron chi connectivity index (χ0n) is 10.6. The van der Waals surface area contributed by atoms with Crippen LogP contribution in [0.4, 0.5) is 5.69 Å². The second-order valence-electron chi connectivity index (χ2n) is 4.22. The van der Waals surface area contributed by atoms with Crippen LogP contribution in [0.1, 0.15) is 0 Å². The van der Waals surface area contributed by atoms with Crippen molar-refractivity contribution in [3.8, 4) is 0 Å². The fraction of sp³-hybridized carbons (Fsp3) is 0.0714. The van der Waals surface area contributed by atoms with Crippen molar-refractivity contribution in [1.29, 1.82) is 0 Å². The Morgan fingerprint density at radius 1 is 1.10 bits per heavy atom. The van der Waals surface area contributed by atoms with Crippen molar-refractivity contribution in [2.75, 3.05) is 5.73 Å². The predicted molar refractivity (Wildman–Crippen MR) is 80.5 cm³/mol. The normalized spacial score (nSPS) is 10.8. The van der Waals surface area contributed by atoms with Gasteiger partial charge in [-0.15, -0.1) is 5.10 Å². The fourth-order valence-corrected chi connectivity index (χ4v) is 2.69. The number of anilines is 1. The Morgan fingerprint density at radius 3 is 2.70 bits per heavy atom. The highest BCUT2D eigenvalue weighted by atomic mass is 32.2. The Morgan fingerprint density at radius 2 is 1.85 bits per heavy atom. The molecule has 0 amide bonds. The van der Waals surface area contributed by atoms with Crippen LogP contribution in [-0.2, 0) is 5.88 Å². The number of nitrogens with two attached hydrogens (primary N) is 1. The maximum Gasteiger partial charge on any atom is 0.278 e. The number of aromatic nitrogens is 3. The van der Waals surface area contributed by atoms with Crippen LogP contribution in [0.5, 0.6) is 0 Å². The van der Waals surface area contributed by atoms with Crippen molar-refractivity contribution in [2.24, 2.45) is 0 Å². The molecular weight excluding hydrogens is 272 g/mol. The number of para-hydroxylation sites is 1. The third-order valence-electron chi connectivity index (χ3n) is 2.89. The molecule has 0 radical (unpaired) electrons. The van der Waals surface area contributed by atoms with Gasteiger partial charge in [0.25, 0.3) is 5.56 Å². The quantitative estimate of drug-likeness (QED) is 0.589. The van der Waals surface area contributed by atoms with E-state index in [0.29, 0.717) is 22.5 Å². The van der Waals surface area contributed by atoms with Crippen LogP contribution in [0, 0.1) is 0 Å². The molecule has 3 aromatic rings. The average molecular weight is 284 g/mol. The summed E-state index contributed by atoms with van der Waals surface area (Å²) >= 11 is 1.46. The van der Waals surface area contributed by atoms with Gasteiger partial charge in [0, 0.05) is 10.6 Å². The van der Waals surface area contributed by atoms with E-state index in [1.54, 1.807) is 12.1 Å². The van der Waals surface area contributed by atoms with Gasteiger partial charge in [-0.3, -0.25) is 4.79 Å². The predicted octanol–water partition coefficient (Wildman–Crippen LogP) is 2.12. The molecule has 1 heterocycles. The second kappa shape index (κ2) is 5.34. The highest BCUT2D eigenvalue weighted by Crippen LogP contribution is 2.24. The molecule has 100 valence electrons. The van der Waals surface area contributed by atoms with Crippen molar-refractivity contribution in [3.05, 3.63) is 58.9 Å². The first-order chi connectivity index (χ1) is 9.75. The Balaban J connectivity index is 1.90. The third-order valence-corrected chi connectivity index (χ3v) is 3.95. The van der Waals surface area contributed by atoms with Gasteiger partial charge in [-0.2, -0.15) is 0 Å². The van der Waals surface area contributed by atoms with Gasteiger partial charge < -0.3 is 5.73 Å². The van der Waals surface area contributed by atoms with Crippen molar-refractivity contribution in [2.45, 2.75) is 10.8 Å². The smallest absolute Gasteiger partial charge is 0.278 e. The fourth-order valence-electron chi connectivity index (χ4n) is 1.85. The Hall–Kier alpha value is -2.34. The summed E-state index contributed by atoms with van der Waals surface area (Å²) in [4.78, 5) is 13.2. The van der Waals surface area contributed by atoms with E-state index >= 15 is 0 Å². The zero-order valence-corrected chi connectivity index (χ0v) is 11.4. The molecular formula is C14H12N4OS. The summed E-state index contributed by atoms with van der Waals surface area (Å²) < 4.78 is 1.35. The number of rotatable bonds is 3. The Bertz CT molecular complexity index is 815. The van der Waals surface area contributed by atoms with E-state index in [-0.39, 0.29) is 5.56 Å². The summed E-state index contributed by atoms with van der Waals surface area (Å²) in [6.07, 6.45) is 0. The number of hydrogen-bond donors (Lipinski definition) is 1. The topological polar surface area (TPSA) is 73.8 Å². The number of fused-ring (bicyclic) bond motifs is 1. The molecule has 0 aliphatic carbocycles. The highest BCUT2D eigenvalue weighted by molar-refractivity contribution is 7.98. The van der Waals surface area contributed by atoms with Crippen LogP contribution in [0.3, 0.4) is 0 Å². The molecule has 0 aliphatic rings. The van der Waals surface area contributed by atoms with Crippen LogP contribution in [-0.4, -0.2) is 15.0 Å². The maximum absolute atomic E-state index is 12.3. The molecule has 0 spiro atoms. The average Bonchev–Trinajstić information content (AvgIpc) is 2.48. The van der Waals surface area contributed by atoms with Crippen molar-refractivity contribution in [1.82, 2.24) is 15.0 Å².